The van der Waals surface area contributed by atoms with E-state index in [2.05, 4.69) is 16.5 Å². The zero-order valence-electron chi connectivity index (χ0n) is 7.20. The molecule has 0 bridgehead atoms. The minimum Gasteiger partial charge on any atom is -0.291 e. The second kappa shape index (κ2) is 3.42. The molecule has 2 heterocycles. The SMILES string of the molecule is N#Cc1cccnc1N1CCCN1. The maximum atomic E-state index is 8.83. The predicted octanol–water partition coefficient (Wildman–Crippen LogP) is 0.668. The molecule has 1 aromatic heterocycles. The number of hydrogen-bond acceptors (Lipinski definition) is 4. The molecule has 1 N–H and O–H groups in total. The van der Waals surface area contributed by atoms with E-state index in [4.69, 9.17) is 5.26 Å². The third kappa shape index (κ3) is 1.46. The van der Waals surface area contributed by atoms with E-state index in [-0.39, 0.29) is 0 Å². The minimum atomic E-state index is 0.622. The van der Waals surface area contributed by atoms with Crippen LogP contribution in [0.25, 0.3) is 0 Å². The first-order valence-electron chi connectivity index (χ1n) is 4.28. The van der Waals surface area contributed by atoms with Gasteiger partial charge in [0.1, 0.15) is 6.07 Å². The molecule has 0 aromatic carbocycles. The van der Waals surface area contributed by atoms with Crippen molar-refractivity contribution in [1.29, 1.82) is 5.26 Å². The van der Waals surface area contributed by atoms with Gasteiger partial charge in [-0.15, -0.1) is 0 Å². The first kappa shape index (κ1) is 8.02. The number of hydrazine groups is 1. The van der Waals surface area contributed by atoms with Crippen molar-refractivity contribution in [1.82, 2.24) is 10.4 Å². The fourth-order valence-corrected chi connectivity index (χ4v) is 1.41. The smallest absolute Gasteiger partial charge is 0.160 e. The van der Waals surface area contributed by atoms with Gasteiger partial charge in [0.25, 0.3) is 0 Å². The van der Waals surface area contributed by atoms with Crippen LogP contribution in [-0.2, 0) is 0 Å². The Morgan fingerprint density at radius 3 is 3.23 bits per heavy atom. The van der Waals surface area contributed by atoms with E-state index in [0.29, 0.717) is 5.56 Å². The summed E-state index contributed by atoms with van der Waals surface area (Å²) in [6.45, 7) is 1.88. The van der Waals surface area contributed by atoms with Crippen molar-refractivity contribution >= 4 is 5.82 Å². The highest BCUT2D eigenvalue weighted by Gasteiger charge is 2.15. The topological polar surface area (TPSA) is 52.0 Å². The van der Waals surface area contributed by atoms with Crippen molar-refractivity contribution in [2.75, 3.05) is 18.1 Å². The molecule has 0 unspecified atom stereocenters. The maximum Gasteiger partial charge on any atom is 0.160 e. The molecular formula is C9H10N4. The van der Waals surface area contributed by atoms with Crippen LogP contribution in [0.4, 0.5) is 5.82 Å². The van der Waals surface area contributed by atoms with Gasteiger partial charge < -0.3 is 0 Å². The third-order valence-electron chi connectivity index (χ3n) is 2.02. The molecule has 4 heteroatoms. The Balaban J connectivity index is 2.33. The number of anilines is 1. The largest absolute Gasteiger partial charge is 0.291 e. The van der Waals surface area contributed by atoms with Gasteiger partial charge in [-0.1, -0.05) is 0 Å². The van der Waals surface area contributed by atoms with Crippen LogP contribution in [0.3, 0.4) is 0 Å². The Bertz CT molecular complexity index is 336. The van der Waals surface area contributed by atoms with Crippen LogP contribution in [-0.4, -0.2) is 18.1 Å². The van der Waals surface area contributed by atoms with Crippen LogP contribution >= 0.6 is 0 Å². The van der Waals surface area contributed by atoms with E-state index >= 15 is 0 Å². The summed E-state index contributed by atoms with van der Waals surface area (Å²) in [4.78, 5) is 4.17. The molecular weight excluding hydrogens is 164 g/mol. The van der Waals surface area contributed by atoms with Gasteiger partial charge in [-0.05, 0) is 18.6 Å². The minimum absolute atomic E-state index is 0.622. The Kier molecular flexibility index (Phi) is 2.11. The standard InChI is InChI=1S/C9H10N4/c10-7-8-3-1-4-11-9(8)13-6-2-5-12-13/h1,3-4,12H,2,5-6H2. The summed E-state index contributed by atoms with van der Waals surface area (Å²) in [6.07, 6.45) is 2.80. The quantitative estimate of drug-likeness (QED) is 0.679. The van der Waals surface area contributed by atoms with E-state index in [1.807, 2.05) is 5.01 Å². The number of hydrogen-bond donors (Lipinski definition) is 1. The van der Waals surface area contributed by atoms with Crippen LogP contribution in [0.15, 0.2) is 18.3 Å². The van der Waals surface area contributed by atoms with Crippen LogP contribution in [0, 0.1) is 11.3 Å². The molecule has 0 radical (unpaired) electrons. The molecule has 0 saturated carbocycles. The van der Waals surface area contributed by atoms with E-state index < -0.39 is 0 Å². The summed E-state index contributed by atoms with van der Waals surface area (Å²) in [5.41, 5.74) is 3.79. The predicted molar refractivity (Wildman–Crippen MR) is 48.9 cm³/mol. The maximum absolute atomic E-state index is 8.83. The summed E-state index contributed by atoms with van der Waals surface area (Å²) in [5, 5.41) is 10.8. The van der Waals surface area contributed by atoms with Gasteiger partial charge in [-0.25, -0.2) is 10.4 Å². The van der Waals surface area contributed by atoms with Crippen molar-refractivity contribution in [3.05, 3.63) is 23.9 Å². The molecule has 1 aliphatic heterocycles. The summed E-state index contributed by atoms with van der Waals surface area (Å²) in [7, 11) is 0. The van der Waals surface area contributed by atoms with Crippen molar-refractivity contribution in [2.45, 2.75) is 6.42 Å². The van der Waals surface area contributed by atoms with E-state index in [1.54, 1.807) is 18.3 Å². The molecule has 0 amide bonds. The molecule has 1 fully saturated rings. The first-order valence-corrected chi connectivity index (χ1v) is 4.28. The van der Waals surface area contributed by atoms with Crippen molar-refractivity contribution in [3.63, 3.8) is 0 Å². The van der Waals surface area contributed by atoms with Gasteiger partial charge >= 0.3 is 0 Å². The van der Waals surface area contributed by atoms with Crippen LogP contribution in [0.2, 0.25) is 0 Å². The van der Waals surface area contributed by atoms with Crippen LogP contribution in [0.5, 0.6) is 0 Å². The average Bonchev–Trinajstić information content (AvgIpc) is 2.70. The molecule has 1 saturated heterocycles. The number of aromatic nitrogens is 1. The first-order chi connectivity index (χ1) is 6.42. The zero-order valence-corrected chi connectivity index (χ0v) is 7.20. The molecule has 0 aliphatic carbocycles. The Hall–Kier alpha value is -1.60. The van der Waals surface area contributed by atoms with E-state index in [0.717, 1.165) is 25.3 Å². The lowest BCUT2D eigenvalue weighted by Gasteiger charge is -2.16. The average molecular weight is 174 g/mol. The molecule has 4 nitrogen and oxygen atoms in total. The highest BCUT2D eigenvalue weighted by molar-refractivity contribution is 5.52. The molecule has 0 spiro atoms. The summed E-state index contributed by atoms with van der Waals surface area (Å²) in [5.74, 6) is 0.738. The molecule has 1 aromatic rings. The highest BCUT2D eigenvalue weighted by atomic mass is 15.5. The molecule has 13 heavy (non-hydrogen) atoms. The highest BCUT2D eigenvalue weighted by Crippen LogP contribution is 2.16. The molecule has 1 aliphatic rings. The monoisotopic (exact) mass is 174 g/mol. The number of nitrogens with zero attached hydrogens (tertiary/aromatic N) is 3. The van der Waals surface area contributed by atoms with Crippen LogP contribution < -0.4 is 10.4 Å². The summed E-state index contributed by atoms with van der Waals surface area (Å²) in [6, 6.07) is 5.68. The third-order valence-corrected chi connectivity index (χ3v) is 2.02. The van der Waals surface area contributed by atoms with Crippen LogP contribution in [0.1, 0.15) is 12.0 Å². The lowest BCUT2D eigenvalue weighted by atomic mass is 10.3. The lowest BCUT2D eigenvalue weighted by molar-refractivity contribution is 0.772. The Morgan fingerprint density at radius 1 is 1.62 bits per heavy atom. The summed E-state index contributed by atoms with van der Waals surface area (Å²) < 4.78 is 0. The number of rotatable bonds is 1. The van der Waals surface area contributed by atoms with E-state index in [1.165, 1.54) is 0 Å². The molecule has 2 rings (SSSR count). The van der Waals surface area contributed by atoms with E-state index in [9.17, 15) is 0 Å². The molecule has 66 valence electrons. The van der Waals surface area contributed by atoms with Crippen molar-refractivity contribution in [2.24, 2.45) is 0 Å². The lowest BCUT2D eigenvalue weighted by Crippen LogP contribution is -2.31. The van der Waals surface area contributed by atoms with Gasteiger partial charge in [-0.3, -0.25) is 5.01 Å². The molecule has 0 atom stereocenters. The zero-order chi connectivity index (χ0) is 9.10. The van der Waals surface area contributed by atoms with Gasteiger partial charge in [0.05, 0.1) is 5.56 Å². The number of pyridine rings is 1. The van der Waals surface area contributed by atoms with Crippen molar-refractivity contribution < 1.29 is 0 Å². The number of nitrogens with one attached hydrogen (secondary N) is 1. The fraction of sp³-hybridized carbons (Fsp3) is 0.333. The summed E-state index contributed by atoms with van der Waals surface area (Å²) >= 11 is 0. The Morgan fingerprint density at radius 2 is 2.54 bits per heavy atom. The van der Waals surface area contributed by atoms with Crippen molar-refractivity contribution in [3.8, 4) is 6.07 Å². The fourth-order valence-electron chi connectivity index (χ4n) is 1.41. The second-order valence-corrected chi connectivity index (χ2v) is 2.90. The van der Waals surface area contributed by atoms with Gasteiger partial charge in [0.15, 0.2) is 5.82 Å². The van der Waals surface area contributed by atoms with Gasteiger partial charge in [0, 0.05) is 19.3 Å². The number of nitriles is 1. The van der Waals surface area contributed by atoms with Gasteiger partial charge in [-0.2, -0.15) is 5.26 Å². The van der Waals surface area contributed by atoms with Gasteiger partial charge in [0.2, 0.25) is 0 Å². The Labute approximate surface area is 76.8 Å². The normalized spacial score (nSPS) is 15.8. The second-order valence-electron chi connectivity index (χ2n) is 2.90.